The van der Waals surface area contributed by atoms with Crippen LogP contribution >= 0.6 is 0 Å². The molecule has 0 radical (unpaired) electrons. The van der Waals surface area contributed by atoms with Gasteiger partial charge in [0, 0.05) is 29.2 Å². The van der Waals surface area contributed by atoms with Gasteiger partial charge in [0.15, 0.2) is 5.82 Å². The fourth-order valence-electron chi connectivity index (χ4n) is 2.90. The van der Waals surface area contributed by atoms with Crippen molar-refractivity contribution in [3.63, 3.8) is 0 Å². The summed E-state index contributed by atoms with van der Waals surface area (Å²) >= 11 is 0. The van der Waals surface area contributed by atoms with Crippen molar-refractivity contribution < 1.29 is 0 Å². The predicted molar refractivity (Wildman–Crippen MR) is 105 cm³/mol. The van der Waals surface area contributed by atoms with Crippen molar-refractivity contribution in [3.8, 4) is 0 Å². The maximum Gasteiger partial charge on any atom is 0.273 e. The van der Waals surface area contributed by atoms with Crippen LogP contribution in [0.4, 0.5) is 17.3 Å². The summed E-state index contributed by atoms with van der Waals surface area (Å²) in [5, 5.41) is 8.81. The molecule has 3 aromatic rings. The molecule has 1 aliphatic heterocycles. The molecule has 0 saturated carbocycles. The van der Waals surface area contributed by atoms with Gasteiger partial charge in [0.05, 0.1) is 5.56 Å². The van der Waals surface area contributed by atoms with E-state index in [2.05, 4.69) is 51.5 Å². The molecule has 3 heterocycles. The van der Waals surface area contributed by atoms with Gasteiger partial charge < -0.3 is 5.32 Å². The van der Waals surface area contributed by atoms with Gasteiger partial charge in [-0.25, -0.2) is 9.98 Å². The molecule has 0 aliphatic carbocycles. The number of anilines is 2. The molecule has 0 spiro atoms. The number of fused-ring (bicyclic) bond motifs is 1. The zero-order valence-electron chi connectivity index (χ0n) is 14.6. The highest BCUT2D eigenvalue weighted by atomic mass is 16.1. The zero-order valence-corrected chi connectivity index (χ0v) is 14.6. The van der Waals surface area contributed by atoms with Gasteiger partial charge in [0.2, 0.25) is 0 Å². The van der Waals surface area contributed by atoms with E-state index < -0.39 is 0 Å². The number of rotatable bonds is 4. The highest BCUT2D eigenvalue weighted by Gasteiger charge is 2.15. The molecular weight excluding hydrogens is 326 g/mol. The van der Waals surface area contributed by atoms with Crippen LogP contribution in [0.2, 0.25) is 0 Å². The SMILES string of the molecule is CC(C)c1ccc(Nc2[nH][nH]c(=O)c2/C=C2/C=Nc3ncccc32)cc1. The summed E-state index contributed by atoms with van der Waals surface area (Å²) in [7, 11) is 0. The van der Waals surface area contributed by atoms with Gasteiger partial charge in [-0.05, 0) is 41.8 Å². The van der Waals surface area contributed by atoms with E-state index in [1.165, 1.54) is 5.56 Å². The van der Waals surface area contributed by atoms with E-state index in [0.29, 0.717) is 23.1 Å². The molecule has 0 amide bonds. The molecule has 6 nitrogen and oxygen atoms in total. The molecule has 4 rings (SSSR count). The zero-order chi connectivity index (χ0) is 18.1. The van der Waals surface area contributed by atoms with Crippen LogP contribution in [-0.2, 0) is 0 Å². The van der Waals surface area contributed by atoms with Crippen molar-refractivity contribution in [2.24, 2.45) is 4.99 Å². The van der Waals surface area contributed by atoms with E-state index in [1.807, 2.05) is 30.3 Å². The molecule has 0 bridgehead atoms. The monoisotopic (exact) mass is 345 g/mol. The van der Waals surface area contributed by atoms with E-state index in [-0.39, 0.29) is 5.56 Å². The molecule has 0 fully saturated rings. The van der Waals surface area contributed by atoms with Crippen molar-refractivity contribution >= 4 is 35.2 Å². The van der Waals surface area contributed by atoms with Crippen LogP contribution in [0.15, 0.2) is 52.4 Å². The summed E-state index contributed by atoms with van der Waals surface area (Å²) in [5.74, 6) is 1.77. The van der Waals surface area contributed by atoms with Gasteiger partial charge in [-0.1, -0.05) is 26.0 Å². The lowest BCUT2D eigenvalue weighted by atomic mass is 10.0. The second-order valence-corrected chi connectivity index (χ2v) is 6.50. The standard InChI is InChI=1S/C20H19N5O/c1-12(2)13-5-7-15(8-6-13)23-19-17(20(26)25-24-19)10-14-11-22-18-16(14)4-3-9-21-18/h3-12H,1-2H3,(H3,23,24,25,26)/b14-10-. The average molecular weight is 345 g/mol. The Balaban J connectivity index is 1.66. The number of nitrogens with zero attached hydrogens (tertiary/aromatic N) is 2. The van der Waals surface area contributed by atoms with Crippen LogP contribution < -0.4 is 10.9 Å². The minimum atomic E-state index is -0.190. The maximum absolute atomic E-state index is 12.2. The van der Waals surface area contributed by atoms with Crippen molar-refractivity contribution in [2.45, 2.75) is 19.8 Å². The Bertz CT molecular complexity index is 1050. The Labute approximate surface area is 150 Å². The first-order valence-electron chi connectivity index (χ1n) is 8.50. The molecular formula is C20H19N5O. The van der Waals surface area contributed by atoms with Crippen LogP contribution in [0.3, 0.4) is 0 Å². The third kappa shape index (κ3) is 2.97. The summed E-state index contributed by atoms with van der Waals surface area (Å²) in [4.78, 5) is 20.8. The second-order valence-electron chi connectivity index (χ2n) is 6.50. The first-order chi connectivity index (χ1) is 12.6. The number of benzene rings is 1. The number of aliphatic imine (C=N–C) groups is 1. The molecule has 0 unspecified atom stereocenters. The summed E-state index contributed by atoms with van der Waals surface area (Å²) in [6, 6.07) is 12.0. The fraction of sp³-hybridized carbons (Fsp3) is 0.150. The molecule has 0 saturated heterocycles. The molecule has 2 aromatic heterocycles. The van der Waals surface area contributed by atoms with Gasteiger partial charge in [0.1, 0.15) is 5.82 Å². The van der Waals surface area contributed by atoms with Crippen LogP contribution in [-0.4, -0.2) is 21.4 Å². The summed E-state index contributed by atoms with van der Waals surface area (Å²) < 4.78 is 0. The third-order valence-electron chi connectivity index (χ3n) is 4.39. The van der Waals surface area contributed by atoms with E-state index in [4.69, 9.17) is 0 Å². The number of H-pyrrole nitrogens is 2. The highest BCUT2D eigenvalue weighted by Crippen LogP contribution is 2.31. The van der Waals surface area contributed by atoms with Crippen LogP contribution in [0.1, 0.15) is 36.5 Å². The van der Waals surface area contributed by atoms with E-state index in [1.54, 1.807) is 12.4 Å². The number of nitrogens with one attached hydrogen (secondary N) is 3. The largest absolute Gasteiger partial charge is 0.340 e. The number of aromatic amines is 2. The number of hydrogen-bond donors (Lipinski definition) is 3. The molecule has 26 heavy (non-hydrogen) atoms. The summed E-state index contributed by atoms with van der Waals surface area (Å²) in [6.45, 7) is 4.32. The lowest BCUT2D eigenvalue weighted by Crippen LogP contribution is -2.03. The third-order valence-corrected chi connectivity index (χ3v) is 4.39. The van der Waals surface area contributed by atoms with Gasteiger partial charge >= 0.3 is 0 Å². The van der Waals surface area contributed by atoms with Gasteiger partial charge in [-0.2, -0.15) is 0 Å². The molecule has 0 atom stereocenters. The minimum Gasteiger partial charge on any atom is -0.340 e. The van der Waals surface area contributed by atoms with Crippen molar-refractivity contribution in [1.82, 2.24) is 15.2 Å². The Morgan fingerprint density at radius 3 is 2.69 bits per heavy atom. The van der Waals surface area contributed by atoms with Gasteiger partial charge in [-0.15, -0.1) is 0 Å². The molecule has 3 N–H and O–H groups in total. The lowest BCUT2D eigenvalue weighted by Gasteiger charge is -2.08. The first-order valence-corrected chi connectivity index (χ1v) is 8.50. The average Bonchev–Trinajstić information content (AvgIpc) is 3.21. The topological polar surface area (TPSA) is 85.9 Å². The van der Waals surface area contributed by atoms with Crippen molar-refractivity contribution in [3.05, 3.63) is 69.6 Å². The smallest absolute Gasteiger partial charge is 0.273 e. The van der Waals surface area contributed by atoms with Crippen molar-refractivity contribution in [2.75, 3.05) is 5.32 Å². The van der Waals surface area contributed by atoms with E-state index >= 15 is 0 Å². The summed E-state index contributed by atoms with van der Waals surface area (Å²) in [5.41, 5.74) is 4.29. The van der Waals surface area contributed by atoms with Gasteiger partial charge in [-0.3, -0.25) is 15.0 Å². The minimum absolute atomic E-state index is 0.190. The van der Waals surface area contributed by atoms with Crippen molar-refractivity contribution in [1.29, 1.82) is 0 Å². The lowest BCUT2D eigenvalue weighted by molar-refractivity contribution is 0.867. The fourth-order valence-corrected chi connectivity index (χ4v) is 2.90. The number of hydrogen-bond acceptors (Lipinski definition) is 4. The highest BCUT2D eigenvalue weighted by molar-refractivity contribution is 6.21. The Morgan fingerprint density at radius 2 is 1.92 bits per heavy atom. The first kappa shape index (κ1) is 16.1. The number of pyridine rings is 1. The Hall–Kier alpha value is -3.41. The predicted octanol–water partition coefficient (Wildman–Crippen LogP) is 4.22. The van der Waals surface area contributed by atoms with Gasteiger partial charge in [0.25, 0.3) is 5.56 Å². The molecule has 130 valence electrons. The second kappa shape index (κ2) is 6.48. The van der Waals surface area contributed by atoms with Crippen LogP contribution in [0, 0.1) is 0 Å². The Kier molecular flexibility index (Phi) is 4.01. The van der Waals surface area contributed by atoms with Crippen LogP contribution in [0.25, 0.3) is 11.6 Å². The van der Waals surface area contributed by atoms with E-state index in [0.717, 1.165) is 16.8 Å². The molecule has 1 aliphatic rings. The maximum atomic E-state index is 12.2. The Morgan fingerprint density at radius 1 is 1.12 bits per heavy atom. The van der Waals surface area contributed by atoms with E-state index in [9.17, 15) is 4.79 Å². The molecule has 1 aromatic carbocycles. The number of aromatic nitrogens is 3. The quantitative estimate of drug-likeness (QED) is 0.662. The number of allylic oxidation sites excluding steroid dienone is 1. The normalized spacial score (nSPS) is 14.2. The molecule has 6 heteroatoms. The van der Waals surface area contributed by atoms with Crippen LogP contribution in [0.5, 0.6) is 0 Å². The summed E-state index contributed by atoms with van der Waals surface area (Å²) in [6.07, 6.45) is 5.25.